The fourth-order valence-electron chi connectivity index (χ4n) is 1.95. The second-order valence-corrected chi connectivity index (χ2v) is 7.81. The lowest BCUT2D eigenvalue weighted by molar-refractivity contribution is -0.137. The van der Waals surface area contributed by atoms with Gasteiger partial charge in [0.05, 0.1) is 21.7 Å². The van der Waals surface area contributed by atoms with Gasteiger partial charge < -0.3 is 0 Å². The van der Waals surface area contributed by atoms with Crippen molar-refractivity contribution >= 4 is 27.2 Å². The second kappa shape index (κ2) is 6.94. The zero-order chi connectivity index (χ0) is 18.0. The van der Waals surface area contributed by atoms with Crippen LogP contribution in [0.5, 0.6) is 0 Å². The fourth-order valence-corrected chi connectivity index (χ4v) is 3.28. The molecule has 0 bridgehead atoms. The average molecular weight is 376 g/mol. The lowest BCUT2D eigenvalue weighted by atomic mass is 10.1. The third-order valence-electron chi connectivity index (χ3n) is 3.16. The molecule has 0 aliphatic rings. The van der Waals surface area contributed by atoms with E-state index in [0.29, 0.717) is 15.5 Å². The molecule has 1 atom stereocenters. The minimum absolute atomic E-state index is 0.226. The van der Waals surface area contributed by atoms with E-state index in [1.807, 2.05) is 0 Å². The van der Waals surface area contributed by atoms with Crippen LogP contribution in [0, 0.1) is 0 Å². The van der Waals surface area contributed by atoms with Gasteiger partial charge in [0, 0.05) is 16.2 Å². The second-order valence-electron chi connectivity index (χ2n) is 5.11. The maximum absolute atomic E-state index is 12.5. The van der Waals surface area contributed by atoms with Crippen molar-refractivity contribution in [2.24, 2.45) is 4.36 Å². The van der Waals surface area contributed by atoms with Crippen LogP contribution in [0.15, 0.2) is 57.8 Å². The number of halogens is 4. The van der Waals surface area contributed by atoms with Gasteiger partial charge in [-0.2, -0.15) is 17.5 Å². The van der Waals surface area contributed by atoms with Crippen LogP contribution in [-0.4, -0.2) is 16.4 Å². The molecule has 8 heteroatoms. The molecule has 128 valence electrons. The number of hydrogen-bond acceptors (Lipinski definition) is 2. The number of alkyl halides is 3. The summed E-state index contributed by atoms with van der Waals surface area (Å²) >= 11 is 5.75. The van der Waals surface area contributed by atoms with Gasteiger partial charge in [-0.3, -0.25) is 4.79 Å². The molecule has 0 saturated carbocycles. The molecule has 0 heterocycles. The van der Waals surface area contributed by atoms with Crippen LogP contribution in [0.3, 0.4) is 0 Å². The Morgan fingerprint density at radius 2 is 1.62 bits per heavy atom. The molecule has 1 amide bonds. The smallest absolute Gasteiger partial charge is 0.272 e. The molecule has 2 rings (SSSR count). The van der Waals surface area contributed by atoms with E-state index in [0.717, 1.165) is 12.1 Å². The lowest BCUT2D eigenvalue weighted by Crippen LogP contribution is -2.07. The van der Waals surface area contributed by atoms with Crippen molar-refractivity contribution in [3.8, 4) is 0 Å². The first kappa shape index (κ1) is 18.5. The molecule has 0 aromatic heterocycles. The summed E-state index contributed by atoms with van der Waals surface area (Å²) in [6, 6.07) is 10.3. The molecule has 3 nitrogen and oxygen atoms in total. The summed E-state index contributed by atoms with van der Waals surface area (Å²) < 4.78 is 53.7. The predicted molar refractivity (Wildman–Crippen MR) is 86.4 cm³/mol. The highest BCUT2D eigenvalue weighted by Crippen LogP contribution is 2.29. The first-order chi connectivity index (χ1) is 11.1. The molecule has 0 aliphatic carbocycles. The van der Waals surface area contributed by atoms with Crippen molar-refractivity contribution in [3.05, 3.63) is 64.7 Å². The van der Waals surface area contributed by atoms with Crippen LogP contribution in [-0.2, 0) is 27.1 Å². The number of nitrogens with zero attached hydrogens (tertiary/aromatic N) is 1. The average Bonchev–Trinajstić information content (AvgIpc) is 2.46. The van der Waals surface area contributed by atoms with Crippen molar-refractivity contribution in [1.82, 2.24) is 0 Å². The minimum atomic E-state index is -4.43. The first-order valence-electron chi connectivity index (χ1n) is 6.75. The van der Waals surface area contributed by atoms with Gasteiger partial charge in [0.1, 0.15) is 0 Å². The topological polar surface area (TPSA) is 46.5 Å². The summed E-state index contributed by atoms with van der Waals surface area (Å²) in [5.41, 5.74) is -0.431. The van der Waals surface area contributed by atoms with Gasteiger partial charge in [-0.25, -0.2) is 4.21 Å². The molecule has 2 aromatic rings. The summed E-state index contributed by atoms with van der Waals surface area (Å²) in [5, 5.41) is 0.463. The number of amides is 1. The van der Waals surface area contributed by atoms with Gasteiger partial charge in [0.2, 0.25) is 0 Å². The Kier molecular flexibility index (Phi) is 5.35. The molecule has 1 unspecified atom stereocenters. The van der Waals surface area contributed by atoms with E-state index in [2.05, 4.69) is 4.36 Å². The molecule has 2 aromatic carbocycles. The van der Waals surface area contributed by atoms with E-state index >= 15 is 0 Å². The quantitative estimate of drug-likeness (QED) is 0.788. The molecular weight excluding hydrogens is 363 g/mol. The Hall–Kier alpha value is -1.86. The van der Waals surface area contributed by atoms with E-state index in [1.165, 1.54) is 42.7 Å². The van der Waals surface area contributed by atoms with Crippen molar-refractivity contribution < 1.29 is 22.2 Å². The van der Waals surface area contributed by atoms with Crippen molar-refractivity contribution in [2.75, 3.05) is 6.26 Å². The third kappa shape index (κ3) is 4.82. The van der Waals surface area contributed by atoms with E-state index < -0.39 is 27.4 Å². The summed E-state index contributed by atoms with van der Waals surface area (Å²) in [6.07, 6.45) is -3.34. The van der Waals surface area contributed by atoms with E-state index in [9.17, 15) is 22.2 Å². The molecule has 0 saturated heterocycles. The van der Waals surface area contributed by atoms with Crippen molar-refractivity contribution in [1.29, 1.82) is 0 Å². The van der Waals surface area contributed by atoms with Crippen LogP contribution in [0.2, 0.25) is 5.02 Å². The van der Waals surface area contributed by atoms with Crippen molar-refractivity contribution in [3.63, 3.8) is 0 Å². The Morgan fingerprint density at radius 1 is 1.08 bits per heavy atom. The van der Waals surface area contributed by atoms with Gasteiger partial charge in [0.25, 0.3) is 5.91 Å². The molecule has 0 radical (unpaired) electrons. The monoisotopic (exact) mass is 375 g/mol. The van der Waals surface area contributed by atoms with Gasteiger partial charge in [-0.15, -0.1) is 0 Å². The highest BCUT2D eigenvalue weighted by molar-refractivity contribution is 7.93. The van der Waals surface area contributed by atoms with E-state index in [4.69, 9.17) is 11.6 Å². The maximum atomic E-state index is 12.5. The SMILES string of the molecule is CS(=O)(=NC(=O)Cc1ccc(C(F)(F)F)cc1)c1ccc(Cl)cc1. The minimum Gasteiger partial charge on any atom is -0.272 e. The van der Waals surface area contributed by atoms with Crippen LogP contribution in [0.4, 0.5) is 13.2 Å². The number of rotatable bonds is 3. The number of benzene rings is 2. The third-order valence-corrected chi connectivity index (χ3v) is 5.11. The lowest BCUT2D eigenvalue weighted by Gasteiger charge is -2.07. The van der Waals surface area contributed by atoms with Gasteiger partial charge in [0.15, 0.2) is 0 Å². The molecule has 0 aliphatic heterocycles. The Bertz CT molecular complexity index is 852. The molecular formula is C16H13ClF3NO2S. The Balaban J connectivity index is 2.17. The molecule has 0 spiro atoms. The zero-order valence-electron chi connectivity index (χ0n) is 12.5. The van der Waals surface area contributed by atoms with Crippen LogP contribution in [0.25, 0.3) is 0 Å². The standard InChI is InChI=1S/C16H13ClF3NO2S/c1-24(23,14-8-6-13(17)7-9-14)21-15(22)10-11-2-4-12(5-3-11)16(18,19)20/h2-9H,10H2,1H3. The van der Waals surface area contributed by atoms with Crippen LogP contribution < -0.4 is 0 Å². The van der Waals surface area contributed by atoms with E-state index in [-0.39, 0.29) is 6.42 Å². The first-order valence-corrected chi connectivity index (χ1v) is 9.05. The largest absolute Gasteiger partial charge is 0.416 e. The predicted octanol–water partition coefficient (Wildman–Crippen LogP) is 4.58. The molecule has 0 N–H and O–H groups in total. The van der Waals surface area contributed by atoms with Gasteiger partial charge >= 0.3 is 6.18 Å². The Labute approximate surface area is 142 Å². The molecule has 0 fully saturated rings. The summed E-state index contributed by atoms with van der Waals surface area (Å²) in [7, 11) is -2.94. The highest BCUT2D eigenvalue weighted by atomic mass is 35.5. The number of carbonyl (C=O) groups excluding carboxylic acids is 1. The van der Waals surface area contributed by atoms with Crippen LogP contribution >= 0.6 is 11.6 Å². The maximum Gasteiger partial charge on any atom is 0.416 e. The highest BCUT2D eigenvalue weighted by Gasteiger charge is 2.29. The summed E-state index contributed by atoms with van der Waals surface area (Å²) in [4.78, 5) is 12.3. The zero-order valence-corrected chi connectivity index (χ0v) is 14.1. The number of carbonyl (C=O) groups is 1. The van der Waals surface area contributed by atoms with Gasteiger partial charge in [-0.05, 0) is 42.0 Å². The Morgan fingerprint density at radius 3 is 2.12 bits per heavy atom. The number of hydrogen-bond donors (Lipinski definition) is 0. The summed E-state index contributed by atoms with van der Waals surface area (Å²) in [6.45, 7) is 0. The van der Waals surface area contributed by atoms with Crippen LogP contribution in [0.1, 0.15) is 11.1 Å². The summed E-state index contributed by atoms with van der Waals surface area (Å²) in [5.74, 6) is -0.669. The van der Waals surface area contributed by atoms with Crippen molar-refractivity contribution in [2.45, 2.75) is 17.5 Å². The van der Waals surface area contributed by atoms with Gasteiger partial charge in [-0.1, -0.05) is 23.7 Å². The molecule has 24 heavy (non-hydrogen) atoms. The van der Waals surface area contributed by atoms with E-state index in [1.54, 1.807) is 0 Å². The fraction of sp³-hybridized carbons (Fsp3) is 0.188. The normalized spacial score (nSPS) is 14.0.